The van der Waals surface area contributed by atoms with Crippen LogP contribution in [0.5, 0.6) is 0 Å². The van der Waals surface area contributed by atoms with Gasteiger partial charge in [-0.3, -0.25) is 0 Å². The molecule has 1 unspecified atom stereocenters. The highest BCUT2D eigenvalue weighted by molar-refractivity contribution is 5.31. The van der Waals surface area contributed by atoms with Gasteiger partial charge in [-0.05, 0) is 36.3 Å². The third kappa shape index (κ3) is 5.87. The fourth-order valence-corrected chi connectivity index (χ4v) is 3.18. The second kappa shape index (κ2) is 8.72. The molecule has 0 fully saturated rings. The molecule has 1 atom stereocenters. The van der Waals surface area contributed by atoms with Crippen molar-refractivity contribution in [3.8, 4) is 0 Å². The van der Waals surface area contributed by atoms with Crippen LogP contribution in [0.3, 0.4) is 0 Å². The summed E-state index contributed by atoms with van der Waals surface area (Å²) in [6.07, 6.45) is 0.0489. The summed E-state index contributed by atoms with van der Waals surface area (Å²) in [7, 11) is 0. The Morgan fingerprint density at radius 1 is 1.15 bits per heavy atom. The number of hydrogen-bond donors (Lipinski definition) is 1. The zero-order valence-corrected chi connectivity index (χ0v) is 16.0. The topological polar surface area (TPSA) is 20.2 Å². The average Bonchev–Trinajstić information content (AvgIpc) is 2.53. The Labute approximate surface area is 154 Å². The van der Waals surface area contributed by atoms with Gasteiger partial charge in [0.05, 0.1) is 0 Å². The fourth-order valence-electron chi connectivity index (χ4n) is 3.18. The van der Waals surface area contributed by atoms with Crippen molar-refractivity contribution >= 4 is 0 Å². The highest BCUT2D eigenvalue weighted by atomic mass is 19.4. The van der Waals surface area contributed by atoms with Crippen LogP contribution >= 0.6 is 0 Å². The first-order valence-electron chi connectivity index (χ1n) is 8.79. The molecule has 0 amide bonds. The van der Waals surface area contributed by atoms with Crippen molar-refractivity contribution in [2.45, 2.75) is 64.1 Å². The lowest BCUT2D eigenvalue weighted by Gasteiger charge is -2.38. The summed E-state index contributed by atoms with van der Waals surface area (Å²) in [4.78, 5) is 0. The van der Waals surface area contributed by atoms with Gasteiger partial charge in [-0.2, -0.15) is 13.2 Å². The van der Waals surface area contributed by atoms with Crippen LogP contribution in [-0.2, 0) is 5.41 Å². The molecule has 0 radical (unpaired) electrons. The molecule has 0 aliphatic heterocycles. The molecule has 1 aromatic rings. The largest absolute Gasteiger partial charge is 0.417 e. The highest BCUT2D eigenvalue weighted by Crippen LogP contribution is 2.44. The Bertz CT molecular complexity index is 654. The Balaban J connectivity index is 3.23. The van der Waals surface area contributed by atoms with Crippen molar-refractivity contribution in [2.75, 3.05) is 0 Å². The van der Waals surface area contributed by atoms with Gasteiger partial charge in [-0.25, -0.2) is 0 Å². The summed E-state index contributed by atoms with van der Waals surface area (Å²) in [5, 5.41) is 10.7. The zero-order chi connectivity index (χ0) is 20.0. The van der Waals surface area contributed by atoms with Crippen molar-refractivity contribution in [1.29, 1.82) is 0 Å². The van der Waals surface area contributed by atoms with Crippen LogP contribution in [0.4, 0.5) is 13.2 Å². The first-order valence-corrected chi connectivity index (χ1v) is 8.79. The number of alkyl halides is 3. The SMILES string of the molecule is C=C/C(=C\C(C)=C/CC)CC(O)(CC(C)(C)c1ccccc1)C(F)(F)F. The molecule has 0 aromatic heterocycles. The van der Waals surface area contributed by atoms with E-state index >= 15 is 0 Å². The van der Waals surface area contributed by atoms with Crippen molar-refractivity contribution < 1.29 is 18.3 Å². The number of benzene rings is 1. The third-order valence-corrected chi connectivity index (χ3v) is 4.52. The van der Waals surface area contributed by atoms with E-state index in [0.717, 1.165) is 17.6 Å². The molecular weight excluding hydrogens is 337 g/mol. The van der Waals surface area contributed by atoms with Gasteiger partial charge in [0.15, 0.2) is 5.60 Å². The minimum atomic E-state index is -4.75. The number of halogens is 3. The van der Waals surface area contributed by atoms with E-state index in [4.69, 9.17) is 0 Å². The lowest BCUT2D eigenvalue weighted by Crippen LogP contribution is -2.49. The number of hydrogen-bond acceptors (Lipinski definition) is 1. The maximum atomic E-state index is 13.8. The molecule has 4 heteroatoms. The van der Waals surface area contributed by atoms with Crippen LogP contribution in [0, 0.1) is 0 Å². The molecule has 1 N–H and O–H groups in total. The second-order valence-electron chi connectivity index (χ2n) is 7.41. The summed E-state index contributed by atoms with van der Waals surface area (Å²) < 4.78 is 41.4. The molecule has 0 bridgehead atoms. The minimum absolute atomic E-state index is 0.371. The lowest BCUT2D eigenvalue weighted by molar-refractivity contribution is -0.266. The Morgan fingerprint density at radius 2 is 1.73 bits per heavy atom. The molecule has 1 rings (SSSR count). The molecule has 1 aromatic carbocycles. The quantitative estimate of drug-likeness (QED) is 0.520. The van der Waals surface area contributed by atoms with Gasteiger partial charge in [0, 0.05) is 6.42 Å². The molecule has 0 aliphatic carbocycles. The maximum absolute atomic E-state index is 13.8. The summed E-state index contributed by atoms with van der Waals surface area (Å²) in [5.74, 6) is 0. The van der Waals surface area contributed by atoms with E-state index in [1.807, 2.05) is 26.0 Å². The predicted molar refractivity (Wildman–Crippen MR) is 102 cm³/mol. The molecule has 1 nitrogen and oxygen atoms in total. The molecule has 0 heterocycles. The van der Waals surface area contributed by atoms with Crippen LogP contribution in [0.15, 0.2) is 66.3 Å². The molecule has 144 valence electrons. The predicted octanol–water partition coefficient (Wildman–Crippen LogP) is 6.51. The van der Waals surface area contributed by atoms with Crippen LogP contribution in [0.2, 0.25) is 0 Å². The molecule has 26 heavy (non-hydrogen) atoms. The zero-order valence-electron chi connectivity index (χ0n) is 16.0. The van der Waals surface area contributed by atoms with Gasteiger partial charge in [0.2, 0.25) is 0 Å². The maximum Gasteiger partial charge on any atom is 0.417 e. The van der Waals surface area contributed by atoms with Gasteiger partial charge in [0.25, 0.3) is 0 Å². The molecular formula is C22H29F3O. The first kappa shape index (κ1) is 22.2. The summed E-state index contributed by atoms with van der Waals surface area (Å²) in [6.45, 7) is 10.8. The van der Waals surface area contributed by atoms with Crippen LogP contribution in [0.1, 0.15) is 52.5 Å². The normalized spacial score (nSPS) is 16.3. The summed E-state index contributed by atoms with van der Waals surface area (Å²) >= 11 is 0. The van der Waals surface area contributed by atoms with Crippen molar-refractivity contribution in [2.24, 2.45) is 0 Å². The van der Waals surface area contributed by atoms with Gasteiger partial charge in [-0.15, -0.1) is 0 Å². The monoisotopic (exact) mass is 366 g/mol. The number of aliphatic hydroxyl groups is 1. The fraction of sp³-hybridized carbons (Fsp3) is 0.455. The number of rotatable bonds is 8. The Morgan fingerprint density at radius 3 is 2.19 bits per heavy atom. The summed E-state index contributed by atoms with van der Waals surface area (Å²) in [5.41, 5.74) is -1.69. The molecule has 0 saturated carbocycles. The minimum Gasteiger partial charge on any atom is -0.380 e. The standard InChI is InChI=1S/C22H29F3O/c1-6-11-17(3)14-18(7-2)15-21(26,22(23,24)25)16-20(4,5)19-12-9-8-10-13-19/h7-14,26H,2,6,15-16H2,1,3-5H3/b17-11-,18-14+. The van der Waals surface area contributed by atoms with Crippen LogP contribution < -0.4 is 0 Å². The van der Waals surface area contributed by atoms with Crippen molar-refractivity contribution in [3.05, 3.63) is 71.8 Å². The van der Waals surface area contributed by atoms with Crippen molar-refractivity contribution in [1.82, 2.24) is 0 Å². The molecule has 0 saturated heterocycles. The van der Waals surface area contributed by atoms with E-state index in [-0.39, 0.29) is 0 Å². The second-order valence-corrected chi connectivity index (χ2v) is 7.41. The van der Waals surface area contributed by atoms with Gasteiger partial charge in [0.1, 0.15) is 0 Å². The van der Waals surface area contributed by atoms with Crippen LogP contribution in [0.25, 0.3) is 0 Å². The van der Waals surface area contributed by atoms with Gasteiger partial charge >= 0.3 is 6.18 Å². The van der Waals surface area contributed by atoms with E-state index in [2.05, 4.69) is 6.58 Å². The Kier molecular flexibility index (Phi) is 7.45. The lowest BCUT2D eigenvalue weighted by atomic mass is 9.73. The summed E-state index contributed by atoms with van der Waals surface area (Å²) in [6, 6.07) is 8.97. The van der Waals surface area contributed by atoms with E-state index in [1.54, 1.807) is 44.2 Å². The highest BCUT2D eigenvalue weighted by Gasteiger charge is 2.55. The van der Waals surface area contributed by atoms with Crippen molar-refractivity contribution in [3.63, 3.8) is 0 Å². The van der Waals surface area contributed by atoms with E-state index < -0.39 is 30.0 Å². The third-order valence-electron chi connectivity index (χ3n) is 4.52. The molecule has 0 aliphatic rings. The first-order chi connectivity index (χ1) is 11.9. The smallest absolute Gasteiger partial charge is 0.380 e. The van der Waals surface area contributed by atoms with Gasteiger partial charge in [-0.1, -0.05) is 81.5 Å². The Hall–Kier alpha value is -1.81. The van der Waals surface area contributed by atoms with E-state index in [1.165, 1.54) is 6.08 Å². The van der Waals surface area contributed by atoms with E-state index in [0.29, 0.717) is 5.57 Å². The van der Waals surface area contributed by atoms with Gasteiger partial charge < -0.3 is 5.11 Å². The van der Waals surface area contributed by atoms with E-state index in [9.17, 15) is 18.3 Å². The molecule has 0 spiro atoms. The average molecular weight is 366 g/mol. The van der Waals surface area contributed by atoms with Crippen LogP contribution in [-0.4, -0.2) is 16.9 Å². The number of allylic oxidation sites excluding steroid dienone is 4.